The second kappa shape index (κ2) is 11.1. The Hall–Kier alpha value is -2.49. The summed E-state index contributed by atoms with van der Waals surface area (Å²) in [4.78, 5) is 16.0. The fourth-order valence-electron chi connectivity index (χ4n) is 1.98. The highest BCUT2D eigenvalue weighted by molar-refractivity contribution is 5.67. The Bertz CT molecular complexity index is 675. The van der Waals surface area contributed by atoms with E-state index in [1.54, 1.807) is 7.05 Å². The van der Waals surface area contributed by atoms with Crippen molar-refractivity contribution in [2.45, 2.75) is 34.2 Å². The fraction of sp³-hybridized carbons (Fsp3) is 0.350. The second-order valence-electron chi connectivity index (χ2n) is 4.71. The standard InChI is InChI=1S/C16H18N2O2.2C2H6/c1-11-9-15(17-12(11)2)14-7-5-13(6-8-14)10-18(3)16(19)20-4;2*1-2/h5-9,17H,1-2,10H2,3-4H3;2*1-2H3. The molecule has 1 aromatic carbocycles. The molecule has 1 heterocycles. The molecule has 0 atom stereocenters. The molecule has 0 saturated carbocycles. The Balaban J connectivity index is 0.00000123. The van der Waals surface area contributed by atoms with E-state index in [1.165, 1.54) is 12.0 Å². The third-order valence-electron chi connectivity index (χ3n) is 3.16. The van der Waals surface area contributed by atoms with Crippen molar-refractivity contribution in [2.24, 2.45) is 0 Å². The predicted molar refractivity (Wildman–Crippen MR) is 103 cm³/mol. The lowest BCUT2D eigenvalue weighted by Gasteiger charge is -2.15. The van der Waals surface area contributed by atoms with Gasteiger partial charge in [-0.2, -0.15) is 0 Å². The first-order valence-electron chi connectivity index (χ1n) is 8.26. The summed E-state index contributed by atoms with van der Waals surface area (Å²) in [6.45, 7) is 16.3. The number of aromatic amines is 1. The molecule has 0 saturated heterocycles. The molecule has 0 aliphatic heterocycles. The van der Waals surface area contributed by atoms with Gasteiger partial charge in [-0.25, -0.2) is 4.79 Å². The van der Waals surface area contributed by atoms with E-state index in [1.807, 2.05) is 58.0 Å². The number of H-pyrrole nitrogens is 1. The van der Waals surface area contributed by atoms with Gasteiger partial charge in [0.25, 0.3) is 0 Å². The van der Waals surface area contributed by atoms with Crippen molar-refractivity contribution in [3.05, 3.63) is 46.5 Å². The summed E-state index contributed by atoms with van der Waals surface area (Å²) < 4.78 is 4.66. The molecule has 0 fully saturated rings. The maximum atomic E-state index is 11.3. The zero-order valence-electron chi connectivity index (χ0n) is 15.8. The lowest BCUT2D eigenvalue weighted by Crippen LogP contribution is -2.25. The fourth-order valence-corrected chi connectivity index (χ4v) is 1.98. The molecule has 132 valence electrons. The number of nitrogens with zero attached hydrogens (tertiary/aromatic N) is 1. The van der Waals surface area contributed by atoms with Crippen molar-refractivity contribution < 1.29 is 9.53 Å². The summed E-state index contributed by atoms with van der Waals surface area (Å²) in [5, 5.41) is 1.73. The lowest BCUT2D eigenvalue weighted by molar-refractivity contribution is 0.131. The quantitative estimate of drug-likeness (QED) is 0.931. The van der Waals surface area contributed by atoms with Crippen LogP contribution in [0.15, 0.2) is 30.3 Å². The summed E-state index contributed by atoms with van der Waals surface area (Å²) in [7, 11) is 3.08. The first-order valence-corrected chi connectivity index (χ1v) is 8.26. The number of hydrogen-bond donors (Lipinski definition) is 1. The molecular weight excluding hydrogens is 300 g/mol. The Morgan fingerprint density at radius 3 is 2.08 bits per heavy atom. The summed E-state index contributed by atoms with van der Waals surface area (Å²) in [5.41, 5.74) is 3.10. The Morgan fingerprint density at radius 1 is 1.12 bits per heavy atom. The number of benzene rings is 1. The van der Waals surface area contributed by atoms with Crippen molar-refractivity contribution in [2.75, 3.05) is 14.2 Å². The van der Waals surface area contributed by atoms with E-state index in [0.29, 0.717) is 6.54 Å². The number of aromatic nitrogens is 1. The Labute approximate surface area is 145 Å². The molecule has 1 N–H and O–H groups in total. The van der Waals surface area contributed by atoms with Crippen LogP contribution in [0.2, 0.25) is 0 Å². The maximum absolute atomic E-state index is 11.3. The van der Waals surface area contributed by atoms with Crippen LogP contribution in [0.5, 0.6) is 0 Å². The third kappa shape index (κ3) is 5.95. The third-order valence-corrected chi connectivity index (χ3v) is 3.16. The Morgan fingerprint density at radius 2 is 1.67 bits per heavy atom. The highest BCUT2D eigenvalue weighted by Crippen LogP contribution is 2.16. The number of amides is 1. The molecule has 2 rings (SSSR count). The van der Waals surface area contributed by atoms with Crippen molar-refractivity contribution in [3.8, 4) is 11.3 Å². The minimum Gasteiger partial charge on any atom is -0.453 e. The minimum atomic E-state index is -0.346. The zero-order chi connectivity index (χ0) is 18.7. The largest absolute Gasteiger partial charge is 0.453 e. The van der Waals surface area contributed by atoms with Gasteiger partial charge in [0.05, 0.1) is 7.11 Å². The summed E-state index contributed by atoms with van der Waals surface area (Å²) >= 11 is 0. The lowest BCUT2D eigenvalue weighted by atomic mass is 10.1. The number of rotatable bonds is 3. The van der Waals surface area contributed by atoms with Crippen LogP contribution < -0.4 is 10.6 Å². The summed E-state index contributed by atoms with van der Waals surface area (Å²) in [6.07, 6.45) is -0.346. The van der Waals surface area contributed by atoms with Gasteiger partial charge in [0.15, 0.2) is 0 Å². The number of nitrogens with one attached hydrogen (secondary N) is 1. The SMILES string of the molecule is C=c1cc(-c2ccc(CN(C)C(=O)OC)cc2)[nH]c1=C.CC.CC. The van der Waals surface area contributed by atoms with Gasteiger partial charge in [0.2, 0.25) is 0 Å². The molecule has 0 aliphatic rings. The van der Waals surface area contributed by atoms with E-state index in [2.05, 4.69) is 22.9 Å². The van der Waals surface area contributed by atoms with Gasteiger partial charge in [0, 0.05) is 24.6 Å². The van der Waals surface area contributed by atoms with Crippen LogP contribution in [-0.4, -0.2) is 30.1 Å². The average molecular weight is 330 g/mol. The number of hydrogen-bond acceptors (Lipinski definition) is 2. The van der Waals surface area contributed by atoms with Crippen LogP contribution in [0.1, 0.15) is 33.3 Å². The van der Waals surface area contributed by atoms with E-state index < -0.39 is 0 Å². The zero-order valence-corrected chi connectivity index (χ0v) is 15.8. The molecule has 0 spiro atoms. The van der Waals surface area contributed by atoms with Gasteiger partial charge >= 0.3 is 6.09 Å². The van der Waals surface area contributed by atoms with Gasteiger partial charge in [-0.3, -0.25) is 0 Å². The van der Waals surface area contributed by atoms with Crippen LogP contribution in [0.3, 0.4) is 0 Å². The average Bonchev–Trinajstić information content (AvgIpc) is 2.97. The molecule has 2 aromatic rings. The van der Waals surface area contributed by atoms with Gasteiger partial charge in [-0.05, 0) is 22.4 Å². The predicted octanol–water partition coefficient (Wildman–Crippen LogP) is 3.75. The van der Waals surface area contributed by atoms with Crippen LogP contribution in [0, 0.1) is 0 Å². The number of carbonyl (C=O) groups excluding carboxylic acids is 1. The molecule has 0 unspecified atom stereocenters. The van der Waals surface area contributed by atoms with Gasteiger partial charge in [0.1, 0.15) is 0 Å². The van der Waals surface area contributed by atoms with Crippen LogP contribution in [0.4, 0.5) is 4.79 Å². The molecular formula is C20H30N2O2. The molecule has 1 amide bonds. The normalized spacial score (nSPS) is 9.08. The van der Waals surface area contributed by atoms with E-state index in [9.17, 15) is 4.79 Å². The van der Waals surface area contributed by atoms with Crippen LogP contribution >= 0.6 is 0 Å². The first kappa shape index (κ1) is 21.5. The smallest absolute Gasteiger partial charge is 0.409 e. The molecule has 0 aliphatic carbocycles. The monoisotopic (exact) mass is 330 g/mol. The van der Waals surface area contributed by atoms with E-state index in [4.69, 9.17) is 0 Å². The van der Waals surface area contributed by atoms with Gasteiger partial charge in [-0.15, -0.1) is 0 Å². The van der Waals surface area contributed by atoms with Crippen LogP contribution in [0.25, 0.3) is 24.4 Å². The van der Waals surface area contributed by atoms with Crippen molar-refractivity contribution >= 4 is 19.3 Å². The molecule has 24 heavy (non-hydrogen) atoms. The Kier molecular flexibility index (Phi) is 9.96. The topological polar surface area (TPSA) is 45.3 Å². The van der Waals surface area contributed by atoms with Crippen molar-refractivity contribution in [1.82, 2.24) is 9.88 Å². The van der Waals surface area contributed by atoms with Crippen molar-refractivity contribution in [3.63, 3.8) is 0 Å². The van der Waals surface area contributed by atoms with Crippen LogP contribution in [-0.2, 0) is 11.3 Å². The maximum Gasteiger partial charge on any atom is 0.409 e. The molecule has 4 heteroatoms. The molecule has 0 radical (unpaired) electrons. The van der Waals surface area contributed by atoms with Crippen molar-refractivity contribution in [1.29, 1.82) is 0 Å². The summed E-state index contributed by atoms with van der Waals surface area (Å²) in [5.74, 6) is 0. The highest BCUT2D eigenvalue weighted by Gasteiger charge is 2.08. The number of ether oxygens (including phenoxy) is 1. The molecule has 1 aromatic heterocycles. The first-order chi connectivity index (χ1) is 11.5. The van der Waals surface area contributed by atoms with E-state index in [0.717, 1.165) is 27.4 Å². The van der Waals surface area contributed by atoms with E-state index in [-0.39, 0.29) is 6.09 Å². The van der Waals surface area contributed by atoms with Gasteiger partial charge < -0.3 is 14.6 Å². The number of methoxy groups -OCH3 is 1. The highest BCUT2D eigenvalue weighted by atomic mass is 16.5. The minimum absolute atomic E-state index is 0.346. The summed E-state index contributed by atoms with van der Waals surface area (Å²) in [6, 6.07) is 9.95. The van der Waals surface area contributed by atoms with E-state index >= 15 is 0 Å². The molecule has 4 nitrogen and oxygen atoms in total. The number of carbonyl (C=O) groups is 1. The second-order valence-corrected chi connectivity index (χ2v) is 4.71. The molecule has 0 bridgehead atoms. The van der Waals surface area contributed by atoms with Gasteiger partial charge in [-0.1, -0.05) is 65.1 Å².